The number of hydrogen-bond acceptors (Lipinski definition) is 5. The highest BCUT2D eigenvalue weighted by molar-refractivity contribution is 7.15. The molecule has 0 aliphatic carbocycles. The van der Waals surface area contributed by atoms with Crippen molar-refractivity contribution < 1.29 is 4.74 Å². The molecule has 0 N–H and O–H groups in total. The summed E-state index contributed by atoms with van der Waals surface area (Å²) in [6.45, 7) is 0. The molecule has 5 heteroatoms. The molecule has 2 rings (SSSR count). The van der Waals surface area contributed by atoms with Gasteiger partial charge in [-0.05, 0) is 0 Å². The number of aromatic nitrogens is 3. The van der Waals surface area contributed by atoms with Crippen molar-refractivity contribution in [2.45, 2.75) is 0 Å². The number of fused-ring (bicyclic) bond motifs is 1. The maximum Gasteiger partial charge on any atom is 0.317 e. The topological polar surface area (TPSA) is 47.9 Å². The third-order valence-corrected chi connectivity index (χ3v) is 1.88. The number of methoxy groups -OCH3 is 1. The highest BCUT2D eigenvalue weighted by Crippen LogP contribution is 2.15. The average Bonchev–Trinajstić information content (AvgIpc) is 2.50. The predicted octanol–water partition coefficient (Wildman–Crippen LogP) is 0.895. The number of thiazole rings is 1. The third kappa shape index (κ3) is 1.03. The minimum Gasteiger partial charge on any atom is -0.467 e. The molecule has 0 saturated carbocycles. The van der Waals surface area contributed by atoms with Gasteiger partial charge in [-0.3, -0.25) is 0 Å². The molecule has 11 heavy (non-hydrogen) atoms. The van der Waals surface area contributed by atoms with Gasteiger partial charge in [0, 0.05) is 0 Å². The van der Waals surface area contributed by atoms with Gasteiger partial charge in [-0.2, -0.15) is 4.98 Å². The summed E-state index contributed by atoms with van der Waals surface area (Å²) in [4.78, 5) is 12.6. The van der Waals surface area contributed by atoms with Gasteiger partial charge in [-0.1, -0.05) is 11.3 Å². The van der Waals surface area contributed by atoms with Crippen molar-refractivity contribution in [2.75, 3.05) is 7.11 Å². The smallest absolute Gasteiger partial charge is 0.317 e. The Balaban J connectivity index is 2.67. The van der Waals surface area contributed by atoms with Gasteiger partial charge >= 0.3 is 6.01 Å². The Kier molecular flexibility index (Phi) is 1.43. The van der Waals surface area contributed by atoms with Crippen molar-refractivity contribution in [3.63, 3.8) is 0 Å². The molecule has 2 aromatic rings. The molecule has 4 nitrogen and oxygen atoms in total. The summed E-state index contributed by atoms with van der Waals surface area (Å²) in [6.07, 6.45) is 1.62. The minimum absolute atomic E-state index is 0.371. The zero-order valence-electron chi connectivity index (χ0n) is 5.74. The highest BCUT2D eigenvalue weighted by Gasteiger charge is 2.00. The van der Waals surface area contributed by atoms with Gasteiger partial charge in [-0.25, -0.2) is 9.97 Å². The second kappa shape index (κ2) is 2.43. The summed E-state index contributed by atoms with van der Waals surface area (Å²) in [7, 11) is 1.53. The van der Waals surface area contributed by atoms with Crippen LogP contribution in [0.25, 0.3) is 10.3 Å². The molecule has 1 radical (unpaired) electrons. The molecule has 0 bridgehead atoms. The van der Waals surface area contributed by atoms with Crippen LogP contribution in [0.2, 0.25) is 0 Å². The lowest BCUT2D eigenvalue weighted by Gasteiger charge is -1.93. The maximum atomic E-state index is 4.83. The van der Waals surface area contributed by atoms with Crippen LogP contribution in [0.1, 0.15) is 0 Å². The Labute approximate surface area is 66.9 Å². The lowest BCUT2D eigenvalue weighted by molar-refractivity contribution is 0.382. The van der Waals surface area contributed by atoms with Gasteiger partial charge in [0.15, 0.2) is 10.3 Å². The fourth-order valence-corrected chi connectivity index (χ4v) is 1.27. The van der Waals surface area contributed by atoms with Crippen molar-refractivity contribution in [1.82, 2.24) is 15.0 Å². The van der Waals surface area contributed by atoms with Crippen LogP contribution in [-0.4, -0.2) is 22.1 Å². The van der Waals surface area contributed by atoms with Crippen molar-refractivity contribution in [2.24, 2.45) is 0 Å². The quantitative estimate of drug-likeness (QED) is 0.631. The van der Waals surface area contributed by atoms with E-state index < -0.39 is 0 Å². The first-order valence-corrected chi connectivity index (χ1v) is 3.75. The van der Waals surface area contributed by atoms with Crippen LogP contribution in [0.5, 0.6) is 6.01 Å². The van der Waals surface area contributed by atoms with Crippen LogP contribution in [-0.2, 0) is 0 Å². The molecule has 0 amide bonds. The lowest BCUT2D eigenvalue weighted by Crippen LogP contribution is -1.89. The van der Waals surface area contributed by atoms with Crippen LogP contribution in [0, 0.1) is 5.51 Å². The molecular weight excluding hydrogens is 162 g/mol. The first-order chi connectivity index (χ1) is 5.40. The molecule has 0 unspecified atom stereocenters. The maximum absolute atomic E-state index is 4.83. The van der Waals surface area contributed by atoms with E-state index in [4.69, 9.17) is 4.74 Å². The van der Waals surface area contributed by atoms with Crippen molar-refractivity contribution in [1.29, 1.82) is 0 Å². The lowest BCUT2D eigenvalue weighted by atomic mass is 10.6. The predicted molar refractivity (Wildman–Crippen MR) is 40.6 cm³/mol. The second-order valence-corrected chi connectivity index (χ2v) is 2.63. The molecule has 2 aromatic heterocycles. The second-order valence-electron chi connectivity index (χ2n) is 1.85. The van der Waals surface area contributed by atoms with Crippen LogP contribution < -0.4 is 4.74 Å². The van der Waals surface area contributed by atoms with E-state index in [0.717, 1.165) is 10.3 Å². The Morgan fingerprint density at radius 1 is 1.64 bits per heavy atom. The Hall–Kier alpha value is -1.23. The van der Waals surface area contributed by atoms with E-state index in [2.05, 4.69) is 20.5 Å². The van der Waals surface area contributed by atoms with Crippen LogP contribution in [0.3, 0.4) is 0 Å². The van der Waals surface area contributed by atoms with Crippen molar-refractivity contribution in [3.8, 4) is 6.01 Å². The zero-order valence-corrected chi connectivity index (χ0v) is 6.55. The van der Waals surface area contributed by atoms with Gasteiger partial charge in [0.25, 0.3) is 0 Å². The van der Waals surface area contributed by atoms with Crippen LogP contribution in [0.15, 0.2) is 6.20 Å². The standard InChI is InChI=1S/C6H4N3OS/c1-10-6-7-2-4-5(9-6)11-3-8-4/h2H,1H3. The third-order valence-electron chi connectivity index (χ3n) is 1.20. The fourth-order valence-electron chi connectivity index (χ4n) is 0.710. The Bertz CT molecular complexity index is 373. The number of nitrogens with zero attached hydrogens (tertiary/aromatic N) is 3. The van der Waals surface area contributed by atoms with E-state index in [-0.39, 0.29) is 0 Å². The molecule has 2 heterocycles. The first kappa shape index (κ1) is 6.48. The number of hydrogen-bond donors (Lipinski definition) is 0. The summed E-state index contributed by atoms with van der Waals surface area (Å²) < 4.78 is 4.83. The monoisotopic (exact) mass is 166 g/mol. The summed E-state index contributed by atoms with van der Waals surface area (Å²) in [6, 6.07) is 0.371. The fraction of sp³-hybridized carbons (Fsp3) is 0.167. The van der Waals surface area contributed by atoms with Gasteiger partial charge in [0.2, 0.25) is 0 Å². The normalized spacial score (nSPS) is 10.3. The first-order valence-electron chi connectivity index (χ1n) is 2.94. The Morgan fingerprint density at radius 2 is 2.55 bits per heavy atom. The summed E-state index contributed by atoms with van der Waals surface area (Å²) in [5.41, 5.74) is 3.48. The van der Waals surface area contributed by atoms with E-state index >= 15 is 0 Å². The van der Waals surface area contributed by atoms with Gasteiger partial charge in [0.1, 0.15) is 5.52 Å². The van der Waals surface area contributed by atoms with E-state index in [1.54, 1.807) is 6.20 Å². The van der Waals surface area contributed by atoms with Crippen molar-refractivity contribution in [3.05, 3.63) is 11.7 Å². The zero-order chi connectivity index (χ0) is 7.68. The molecule has 0 atom stereocenters. The Morgan fingerprint density at radius 3 is 3.36 bits per heavy atom. The summed E-state index contributed by atoms with van der Waals surface area (Å²) in [5, 5.41) is 0. The van der Waals surface area contributed by atoms with Gasteiger partial charge in [0.05, 0.1) is 13.3 Å². The van der Waals surface area contributed by atoms with Gasteiger partial charge < -0.3 is 4.74 Å². The van der Waals surface area contributed by atoms with E-state index in [1.165, 1.54) is 18.4 Å². The number of ether oxygens (including phenoxy) is 1. The van der Waals surface area contributed by atoms with E-state index in [0.29, 0.717) is 6.01 Å². The average molecular weight is 166 g/mol. The summed E-state index contributed by atoms with van der Waals surface area (Å²) in [5.74, 6) is 0. The molecule has 0 saturated heterocycles. The molecule has 0 aromatic carbocycles. The minimum atomic E-state index is 0.371. The van der Waals surface area contributed by atoms with Crippen LogP contribution in [0.4, 0.5) is 0 Å². The highest BCUT2D eigenvalue weighted by atomic mass is 32.1. The molecule has 0 fully saturated rings. The van der Waals surface area contributed by atoms with Crippen molar-refractivity contribution >= 4 is 21.7 Å². The molecule has 0 spiro atoms. The largest absolute Gasteiger partial charge is 0.467 e. The molecule has 55 valence electrons. The van der Waals surface area contributed by atoms with E-state index in [9.17, 15) is 0 Å². The van der Waals surface area contributed by atoms with E-state index in [1.807, 2.05) is 0 Å². The van der Waals surface area contributed by atoms with Crippen LogP contribution >= 0.6 is 11.3 Å². The van der Waals surface area contributed by atoms with Gasteiger partial charge in [-0.15, -0.1) is 0 Å². The number of rotatable bonds is 1. The molecule has 0 aliphatic heterocycles. The summed E-state index contributed by atoms with van der Waals surface area (Å²) >= 11 is 1.35. The SMILES string of the molecule is COc1ncc2n[c]sc2n1. The molecular formula is C6H4N3OS. The molecule has 0 aliphatic rings.